The van der Waals surface area contributed by atoms with Crippen LogP contribution in [0, 0.1) is 0 Å². The molecule has 0 aromatic carbocycles. The summed E-state index contributed by atoms with van der Waals surface area (Å²) in [5.41, 5.74) is 0. The van der Waals surface area contributed by atoms with Gasteiger partial charge in [-0.05, 0) is 6.42 Å². The van der Waals surface area contributed by atoms with Gasteiger partial charge in [-0.2, -0.15) is 0 Å². The summed E-state index contributed by atoms with van der Waals surface area (Å²) in [6, 6.07) is 0. The predicted octanol–water partition coefficient (Wildman–Crippen LogP) is 3.21. The molecule has 0 heterocycles. The Morgan fingerprint density at radius 3 is 2.33 bits per heavy atom. The number of hydrogen-bond acceptors (Lipinski definition) is 1. The minimum Gasteiger partial charge on any atom is -0.382 e. The van der Waals surface area contributed by atoms with Crippen LogP contribution < -0.4 is 0 Å². The molecule has 0 aliphatic rings. The van der Waals surface area contributed by atoms with E-state index in [-0.39, 0.29) is 0 Å². The van der Waals surface area contributed by atoms with E-state index in [4.69, 9.17) is 26.9 Å². The van der Waals surface area contributed by atoms with Crippen molar-refractivity contribution in [3.63, 3.8) is 0 Å². The van der Waals surface area contributed by atoms with Crippen molar-refractivity contribution in [2.45, 2.75) is 39.0 Å². The standard InChI is InChI=1S/C8H18Cl2OSi/c1-2-3-4-5-6-7-11-8-12(9)10/h12H,2-8H2,1H3. The molecule has 12 heavy (non-hydrogen) atoms. The Hall–Kier alpha value is 0.757. The Balaban J connectivity index is 2.82. The van der Waals surface area contributed by atoms with Crippen LogP contribution in [0.2, 0.25) is 0 Å². The largest absolute Gasteiger partial charge is 0.382 e. The Morgan fingerprint density at radius 1 is 1.08 bits per heavy atom. The van der Waals surface area contributed by atoms with Gasteiger partial charge in [-0.15, -0.1) is 22.2 Å². The summed E-state index contributed by atoms with van der Waals surface area (Å²) in [7, 11) is -1.51. The Bertz CT molecular complexity index is 91.1. The van der Waals surface area contributed by atoms with Crippen LogP contribution in [0.1, 0.15) is 39.0 Å². The van der Waals surface area contributed by atoms with Crippen molar-refractivity contribution in [3.8, 4) is 0 Å². The zero-order chi connectivity index (χ0) is 9.23. The lowest BCUT2D eigenvalue weighted by atomic mass is 10.2. The van der Waals surface area contributed by atoms with Crippen molar-refractivity contribution in [2.75, 3.05) is 12.8 Å². The van der Waals surface area contributed by atoms with E-state index in [0.29, 0.717) is 6.23 Å². The smallest absolute Gasteiger partial charge is 0.261 e. The first-order valence-corrected chi connectivity index (χ1v) is 8.94. The lowest BCUT2D eigenvalue weighted by molar-refractivity contribution is 0.171. The molecule has 0 aliphatic carbocycles. The van der Waals surface area contributed by atoms with Gasteiger partial charge in [0.25, 0.3) is 7.42 Å². The average Bonchev–Trinajstić information content (AvgIpc) is 2.02. The zero-order valence-electron chi connectivity index (χ0n) is 7.69. The first-order chi connectivity index (χ1) is 5.77. The molecule has 0 aromatic heterocycles. The van der Waals surface area contributed by atoms with Crippen LogP contribution in [0.25, 0.3) is 0 Å². The third-order valence-corrected chi connectivity index (χ3v) is 2.88. The van der Waals surface area contributed by atoms with E-state index in [1.165, 1.54) is 25.7 Å². The van der Waals surface area contributed by atoms with Gasteiger partial charge in [0.15, 0.2) is 0 Å². The molecule has 0 saturated carbocycles. The fraction of sp³-hybridized carbons (Fsp3) is 1.00. The third-order valence-electron chi connectivity index (χ3n) is 1.64. The van der Waals surface area contributed by atoms with E-state index in [9.17, 15) is 0 Å². The van der Waals surface area contributed by atoms with E-state index in [1.54, 1.807) is 0 Å². The summed E-state index contributed by atoms with van der Waals surface area (Å²) in [4.78, 5) is 0. The van der Waals surface area contributed by atoms with Crippen LogP contribution in [-0.2, 0) is 4.74 Å². The molecule has 0 radical (unpaired) electrons. The maximum Gasteiger partial charge on any atom is 0.261 e. The molecule has 0 aliphatic heterocycles. The fourth-order valence-corrected chi connectivity index (χ4v) is 1.86. The van der Waals surface area contributed by atoms with Crippen molar-refractivity contribution in [1.29, 1.82) is 0 Å². The van der Waals surface area contributed by atoms with Crippen molar-refractivity contribution in [3.05, 3.63) is 0 Å². The molecule has 0 unspecified atom stereocenters. The number of hydrogen-bond donors (Lipinski definition) is 0. The molecule has 0 aromatic rings. The van der Waals surface area contributed by atoms with Gasteiger partial charge in [-0.25, -0.2) is 0 Å². The van der Waals surface area contributed by atoms with Crippen molar-refractivity contribution in [1.82, 2.24) is 0 Å². The summed E-state index contributed by atoms with van der Waals surface area (Å²) >= 11 is 11.2. The van der Waals surface area contributed by atoms with Crippen molar-refractivity contribution < 1.29 is 4.74 Å². The number of rotatable bonds is 8. The fourth-order valence-electron chi connectivity index (χ4n) is 0.980. The highest BCUT2D eigenvalue weighted by molar-refractivity contribution is 7.33. The maximum absolute atomic E-state index is 5.62. The minimum absolute atomic E-state index is 0.594. The summed E-state index contributed by atoms with van der Waals surface area (Å²) in [6.07, 6.45) is 6.96. The topological polar surface area (TPSA) is 9.23 Å². The van der Waals surface area contributed by atoms with E-state index in [2.05, 4.69) is 6.92 Å². The molecule has 0 bridgehead atoms. The van der Waals surface area contributed by atoms with Gasteiger partial charge in [0.05, 0.1) is 6.23 Å². The summed E-state index contributed by atoms with van der Waals surface area (Å²) in [5, 5.41) is 0. The third kappa shape index (κ3) is 10.8. The predicted molar refractivity (Wildman–Crippen MR) is 58.4 cm³/mol. The SMILES string of the molecule is CCCCCCCOC[SiH](Cl)Cl. The molecule has 4 heteroatoms. The second-order valence-electron chi connectivity index (χ2n) is 2.88. The molecule has 0 saturated heterocycles. The van der Waals surface area contributed by atoms with Gasteiger partial charge in [0.1, 0.15) is 0 Å². The van der Waals surface area contributed by atoms with Crippen molar-refractivity contribution >= 4 is 29.6 Å². The minimum atomic E-state index is -1.51. The molecule has 0 rings (SSSR count). The van der Waals surface area contributed by atoms with E-state index in [1.807, 2.05) is 0 Å². The van der Waals surface area contributed by atoms with Crippen LogP contribution in [0.4, 0.5) is 0 Å². The number of halogens is 2. The molecular formula is C8H18Cl2OSi. The summed E-state index contributed by atoms with van der Waals surface area (Å²) in [6.45, 7) is 3.04. The molecule has 0 fully saturated rings. The average molecular weight is 229 g/mol. The molecular weight excluding hydrogens is 211 g/mol. The van der Waals surface area contributed by atoms with Gasteiger partial charge in [-0.1, -0.05) is 32.6 Å². The number of ether oxygens (including phenoxy) is 1. The van der Waals surface area contributed by atoms with Crippen LogP contribution >= 0.6 is 22.2 Å². The van der Waals surface area contributed by atoms with E-state index >= 15 is 0 Å². The highest BCUT2D eigenvalue weighted by Gasteiger charge is 2.00. The van der Waals surface area contributed by atoms with Gasteiger partial charge in [-0.3, -0.25) is 0 Å². The van der Waals surface area contributed by atoms with Gasteiger partial charge in [0, 0.05) is 6.61 Å². The van der Waals surface area contributed by atoms with E-state index in [0.717, 1.165) is 13.0 Å². The first kappa shape index (κ1) is 12.8. The maximum atomic E-state index is 5.62. The molecule has 0 spiro atoms. The van der Waals surface area contributed by atoms with Crippen LogP contribution in [0.15, 0.2) is 0 Å². The highest BCUT2D eigenvalue weighted by atomic mass is 35.7. The second kappa shape index (κ2) is 9.84. The summed E-state index contributed by atoms with van der Waals surface area (Å²) < 4.78 is 5.27. The molecule has 74 valence electrons. The zero-order valence-corrected chi connectivity index (χ0v) is 10.4. The Labute approximate surface area is 86.4 Å². The van der Waals surface area contributed by atoms with E-state index < -0.39 is 7.42 Å². The quantitative estimate of drug-likeness (QED) is 0.353. The number of unbranched alkanes of at least 4 members (excludes halogenated alkanes) is 4. The normalized spacial score (nSPS) is 11.0. The lowest BCUT2D eigenvalue weighted by Gasteiger charge is -2.02. The summed E-state index contributed by atoms with van der Waals surface area (Å²) in [5.74, 6) is 0. The Morgan fingerprint density at radius 2 is 1.75 bits per heavy atom. The molecule has 0 amide bonds. The lowest BCUT2D eigenvalue weighted by Crippen LogP contribution is -2.07. The van der Waals surface area contributed by atoms with Crippen LogP contribution in [-0.4, -0.2) is 20.3 Å². The molecule has 1 nitrogen and oxygen atoms in total. The van der Waals surface area contributed by atoms with Gasteiger partial charge in [0.2, 0.25) is 0 Å². The molecule has 0 atom stereocenters. The van der Waals surface area contributed by atoms with Crippen LogP contribution in [0.3, 0.4) is 0 Å². The Kier molecular flexibility index (Phi) is 10.5. The monoisotopic (exact) mass is 228 g/mol. The highest BCUT2D eigenvalue weighted by Crippen LogP contribution is 2.03. The van der Waals surface area contributed by atoms with Crippen molar-refractivity contribution in [2.24, 2.45) is 0 Å². The van der Waals surface area contributed by atoms with Gasteiger partial charge >= 0.3 is 0 Å². The first-order valence-electron chi connectivity index (χ1n) is 4.63. The van der Waals surface area contributed by atoms with Crippen LogP contribution in [0.5, 0.6) is 0 Å². The molecule has 0 N–H and O–H groups in total. The van der Waals surface area contributed by atoms with Gasteiger partial charge < -0.3 is 4.74 Å². The second-order valence-corrected chi connectivity index (χ2v) is 7.83.